The van der Waals surface area contributed by atoms with Crippen molar-refractivity contribution in [2.75, 3.05) is 26.4 Å². The van der Waals surface area contributed by atoms with Gasteiger partial charge in [-0.1, -0.05) is 0 Å². The highest BCUT2D eigenvalue weighted by Crippen LogP contribution is 2.36. The second kappa shape index (κ2) is 16.0. The number of hydrogen-bond donors (Lipinski definition) is 14. The molecule has 15 atom stereocenters. The number of amides is 1. The molecule has 0 aromatic carbocycles. The Morgan fingerprint density at radius 2 is 1.44 bits per heavy atom. The monoisotopic (exact) mass is 635 g/mol. The van der Waals surface area contributed by atoms with Crippen molar-refractivity contribution in [2.24, 2.45) is 0 Å². The Labute approximate surface area is 243 Å². The fraction of sp³-hybridized carbons (Fsp3) is 0.913. The van der Waals surface area contributed by atoms with Crippen molar-refractivity contribution in [3.05, 3.63) is 0 Å². The van der Waals surface area contributed by atoms with Crippen molar-refractivity contribution < 1.29 is 94.9 Å². The number of aliphatic carboxylic acids is 1. The van der Waals surface area contributed by atoms with Gasteiger partial charge in [0.1, 0.15) is 67.1 Å². The zero-order valence-corrected chi connectivity index (χ0v) is 22.9. The van der Waals surface area contributed by atoms with E-state index in [0.717, 1.165) is 6.92 Å². The Morgan fingerprint density at radius 3 is 1.93 bits per heavy atom. The van der Waals surface area contributed by atoms with Crippen LogP contribution >= 0.6 is 0 Å². The van der Waals surface area contributed by atoms with Gasteiger partial charge in [0.2, 0.25) is 5.91 Å². The predicted molar refractivity (Wildman–Crippen MR) is 132 cm³/mol. The van der Waals surface area contributed by atoms with Crippen LogP contribution in [0.2, 0.25) is 0 Å². The molecule has 20 heteroatoms. The molecule has 0 radical (unpaired) electrons. The molecule has 252 valence electrons. The smallest absolute Gasteiger partial charge is 0.364 e. The first-order chi connectivity index (χ1) is 20.1. The molecule has 0 saturated carbocycles. The van der Waals surface area contributed by atoms with Gasteiger partial charge in [0.15, 0.2) is 6.29 Å². The lowest BCUT2D eigenvalue weighted by Crippen LogP contribution is -2.69. The van der Waals surface area contributed by atoms with E-state index in [2.05, 4.69) is 5.32 Å². The molecule has 2 rings (SSSR count). The molecule has 0 aromatic heterocycles. The maximum absolute atomic E-state index is 12.6. The molecule has 14 N–H and O–H groups in total. The van der Waals surface area contributed by atoms with Crippen molar-refractivity contribution in [3.63, 3.8) is 0 Å². The molecule has 2 aliphatic heterocycles. The molecular formula is C23H41NO19. The minimum atomic E-state index is -3.12. The summed E-state index contributed by atoms with van der Waals surface area (Å²) in [6, 6.07) is -1.59. The quantitative estimate of drug-likeness (QED) is 0.0794. The van der Waals surface area contributed by atoms with Crippen LogP contribution in [0.4, 0.5) is 0 Å². The van der Waals surface area contributed by atoms with E-state index in [4.69, 9.17) is 18.9 Å². The van der Waals surface area contributed by atoms with Gasteiger partial charge in [-0.15, -0.1) is 0 Å². The number of nitrogens with one attached hydrogen (secondary N) is 1. The molecule has 0 aromatic rings. The zero-order chi connectivity index (χ0) is 32.8. The van der Waals surface area contributed by atoms with Crippen molar-refractivity contribution in [1.82, 2.24) is 5.32 Å². The fourth-order valence-electron chi connectivity index (χ4n) is 4.76. The van der Waals surface area contributed by atoms with Crippen LogP contribution in [0.1, 0.15) is 13.3 Å². The lowest BCUT2D eigenvalue weighted by Gasteiger charge is -2.49. The number of carboxylic acids is 1. The molecule has 20 nitrogen and oxygen atoms in total. The summed E-state index contributed by atoms with van der Waals surface area (Å²) >= 11 is 0. The molecule has 1 amide bonds. The van der Waals surface area contributed by atoms with E-state index in [9.17, 15) is 76.0 Å². The molecule has 0 spiro atoms. The third kappa shape index (κ3) is 8.52. The van der Waals surface area contributed by atoms with Crippen LogP contribution in [0.15, 0.2) is 0 Å². The van der Waals surface area contributed by atoms with Crippen LogP contribution in [0.25, 0.3) is 0 Å². The van der Waals surface area contributed by atoms with Gasteiger partial charge in [0.25, 0.3) is 5.79 Å². The molecule has 2 aliphatic rings. The standard InChI is InChI=1S/C23H41NO19/c1-7(29)24-13-8(30)2-23(22(38)39,43-20(13)14(34)9(31)3-25)42-19(11(33)5-27)18(10(32)4-26)41-21-17(37)16(36)15(35)12(6-28)40-21/h8-21,25-28,30-37H,2-6H2,1H3,(H,24,29)(H,38,39)/t8-,9+,10+,11-,12+,13+,14+,15-,16-,17+,18+,19+,20+,21-,23+/m0/s1. The third-order valence-corrected chi connectivity index (χ3v) is 7.11. The molecule has 0 bridgehead atoms. The average Bonchev–Trinajstić information content (AvgIpc) is 2.97. The van der Waals surface area contributed by atoms with Crippen LogP contribution < -0.4 is 5.32 Å². The van der Waals surface area contributed by atoms with Gasteiger partial charge in [-0.25, -0.2) is 4.79 Å². The highest BCUT2D eigenvalue weighted by Gasteiger charge is 2.58. The van der Waals surface area contributed by atoms with Gasteiger partial charge in [-0.3, -0.25) is 4.79 Å². The minimum absolute atomic E-state index is 0.778. The van der Waals surface area contributed by atoms with Gasteiger partial charge < -0.3 is 90.6 Å². The molecule has 2 saturated heterocycles. The Kier molecular flexibility index (Phi) is 14.0. The summed E-state index contributed by atoms with van der Waals surface area (Å²) in [6.45, 7) is -3.37. The Morgan fingerprint density at radius 1 is 0.884 bits per heavy atom. The summed E-state index contributed by atoms with van der Waals surface area (Å²) in [5, 5.41) is 134. The highest BCUT2D eigenvalue weighted by molar-refractivity contribution is 5.76. The topological polar surface area (TPSA) is 346 Å². The number of ether oxygens (including phenoxy) is 4. The molecule has 2 heterocycles. The number of carbonyl (C=O) groups excluding carboxylic acids is 1. The van der Waals surface area contributed by atoms with Crippen molar-refractivity contribution in [2.45, 2.75) is 105 Å². The van der Waals surface area contributed by atoms with Gasteiger partial charge in [-0.05, 0) is 0 Å². The maximum Gasteiger partial charge on any atom is 0.364 e. The molecule has 0 unspecified atom stereocenters. The van der Waals surface area contributed by atoms with E-state index in [0.29, 0.717) is 0 Å². The first kappa shape index (κ1) is 37.5. The zero-order valence-electron chi connectivity index (χ0n) is 22.9. The van der Waals surface area contributed by atoms with E-state index < -0.39 is 136 Å². The normalized spacial score (nSPS) is 37.5. The Balaban J connectivity index is 2.55. The lowest BCUT2D eigenvalue weighted by atomic mass is 9.88. The maximum atomic E-state index is 12.6. The first-order valence-electron chi connectivity index (χ1n) is 13.1. The van der Waals surface area contributed by atoms with Crippen LogP contribution in [-0.4, -0.2) is 196 Å². The van der Waals surface area contributed by atoms with Crippen LogP contribution in [0.5, 0.6) is 0 Å². The van der Waals surface area contributed by atoms with E-state index in [1.54, 1.807) is 0 Å². The number of carbonyl (C=O) groups is 2. The van der Waals surface area contributed by atoms with Gasteiger partial charge >= 0.3 is 5.97 Å². The van der Waals surface area contributed by atoms with Crippen molar-refractivity contribution >= 4 is 11.9 Å². The Bertz CT molecular complexity index is 897. The third-order valence-electron chi connectivity index (χ3n) is 7.11. The largest absolute Gasteiger partial charge is 0.477 e. The fourth-order valence-corrected chi connectivity index (χ4v) is 4.76. The summed E-state index contributed by atoms with van der Waals surface area (Å²) < 4.78 is 21.6. The highest BCUT2D eigenvalue weighted by atomic mass is 16.8. The van der Waals surface area contributed by atoms with Gasteiger partial charge in [-0.2, -0.15) is 0 Å². The second-order valence-corrected chi connectivity index (χ2v) is 10.3. The number of rotatable bonds is 15. The van der Waals surface area contributed by atoms with Crippen LogP contribution in [-0.2, 0) is 28.5 Å². The summed E-state index contributed by atoms with van der Waals surface area (Å²) in [7, 11) is 0. The molecular weight excluding hydrogens is 594 g/mol. The number of carboxylic acid groups (broad SMARTS) is 1. The van der Waals surface area contributed by atoms with E-state index in [1.807, 2.05) is 0 Å². The van der Waals surface area contributed by atoms with Crippen molar-refractivity contribution in [1.29, 1.82) is 0 Å². The minimum Gasteiger partial charge on any atom is -0.477 e. The number of hydrogen-bond acceptors (Lipinski definition) is 18. The van der Waals surface area contributed by atoms with Crippen LogP contribution in [0, 0.1) is 0 Å². The predicted octanol–water partition coefficient (Wildman–Crippen LogP) is -8.59. The van der Waals surface area contributed by atoms with Gasteiger partial charge in [0.05, 0.1) is 38.6 Å². The molecule has 2 fully saturated rings. The second-order valence-electron chi connectivity index (χ2n) is 10.3. The number of aliphatic hydroxyl groups is 12. The van der Waals surface area contributed by atoms with E-state index >= 15 is 0 Å². The average molecular weight is 636 g/mol. The SMILES string of the molecule is CC(=O)N[C@H]1[C@H]([C@H](O)[C@H](O)CO)O[C@@](O[C@@H]([C@H](O[C@@H]2O[C@H](CO)[C@H](O)[C@H](O)[C@H]2O)[C@H](O)CO)[C@@H](O)CO)(C(=O)O)C[C@@H]1O. The van der Waals surface area contributed by atoms with E-state index in [1.165, 1.54) is 0 Å². The first-order valence-corrected chi connectivity index (χ1v) is 13.1. The van der Waals surface area contributed by atoms with Gasteiger partial charge in [0, 0.05) is 13.3 Å². The number of aliphatic hydroxyl groups excluding tert-OH is 12. The lowest BCUT2D eigenvalue weighted by molar-refractivity contribution is -0.362. The summed E-state index contributed by atoms with van der Waals surface area (Å²) in [6.07, 6.45) is -27.3. The Hall–Kier alpha value is -1.70. The van der Waals surface area contributed by atoms with Crippen LogP contribution in [0.3, 0.4) is 0 Å². The van der Waals surface area contributed by atoms with E-state index in [-0.39, 0.29) is 0 Å². The molecule has 43 heavy (non-hydrogen) atoms. The summed E-state index contributed by atoms with van der Waals surface area (Å²) in [4.78, 5) is 24.3. The van der Waals surface area contributed by atoms with Crippen molar-refractivity contribution in [3.8, 4) is 0 Å². The summed E-state index contributed by atoms with van der Waals surface area (Å²) in [5.74, 6) is -5.94. The molecule has 0 aliphatic carbocycles. The summed E-state index contributed by atoms with van der Waals surface area (Å²) in [5.41, 5.74) is 0.